The van der Waals surface area contributed by atoms with E-state index in [0.717, 1.165) is 12.8 Å². The Morgan fingerprint density at radius 1 is 0.824 bits per heavy atom. The SMILES string of the molecule is CCCCCCCCCCCCCCCCOCC(COC(C)=O)OC1OCC(O)C(O)C1O. The predicted octanol–water partition coefficient (Wildman–Crippen LogP) is 3.87. The van der Waals surface area contributed by atoms with Gasteiger partial charge in [0, 0.05) is 13.5 Å². The molecule has 34 heavy (non-hydrogen) atoms. The first-order chi connectivity index (χ1) is 16.5. The molecule has 0 bridgehead atoms. The van der Waals surface area contributed by atoms with E-state index in [1.165, 1.54) is 84.0 Å². The van der Waals surface area contributed by atoms with Crippen LogP contribution in [0.5, 0.6) is 0 Å². The highest BCUT2D eigenvalue weighted by Crippen LogP contribution is 2.18. The summed E-state index contributed by atoms with van der Waals surface area (Å²) >= 11 is 0. The molecule has 1 aliphatic rings. The maximum absolute atomic E-state index is 11.2. The molecule has 0 saturated carbocycles. The minimum absolute atomic E-state index is 0.0424. The van der Waals surface area contributed by atoms with Gasteiger partial charge in [0.05, 0.1) is 13.2 Å². The summed E-state index contributed by atoms with van der Waals surface area (Å²) in [6.45, 7) is 4.12. The van der Waals surface area contributed by atoms with Crippen LogP contribution in [0.25, 0.3) is 0 Å². The van der Waals surface area contributed by atoms with Crippen molar-refractivity contribution in [2.24, 2.45) is 0 Å². The molecular weight excluding hydrogens is 440 g/mol. The number of esters is 1. The second-order valence-electron chi connectivity index (χ2n) is 9.48. The Kier molecular flexibility index (Phi) is 18.8. The Balaban J connectivity index is 2.05. The van der Waals surface area contributed by atoms with Crippen molar-refractivity contribution in [3.8, 4) is 0 Å². The lowest BCUT2D eigenvalue weighted by molar-refractivity contribution is -0.288. The Morgan fingerprint density at radius 2 is 1.35 bits per heavy atom. The van der Waals surface area contributed by atoms with E-state index >= 15 is 0 Å². The summed E-state index contributed by atoms with van der Waals surface area (Å²) in [5, 5.41) is 29.4. The van der Waals surface area contributed by atoms with Crippen molar-refractivity contribution in [2.75, 3.05) is 26.4 Å². The average molecular weight is 491 g/mol. The summed E-state index contributed by atoms with van der Waals surface area (Å²) in [4.78, 5) is 11.2. The molecular formula is C26H50O8. The van der Waals surface area contributed by atoms with Crippen LogP contribution in [0.1, 0.15) is 104 Å². The summed E-state index contributed by atoms with van der Waals surface area (Å²) < 4.78 is 21.6. The molecule has 1 heterocycles. The molecule has 0 aromatic carbocycles. The van der Waals surface area contributed by atoms with E-state index in [-0.39, 0.29) is 19.8 Å². The number of ether oxygens (including phenoxy) is 4. The molecule has 1 fully saturated rings. The minimum Gasteiger partial charge on any atom is -0.463 e. The van der Waals surface area contributed by atoms with E-state index < -0.39 is 36.7 Å². The summed E-state index contributed by atoms with van der Waals surface area (Å²) in [5.74, 6) is -0.443. The first kappa shape index (κ1) is 31.3. The molecule has 202 valence electrons. The van der Waals surface area contributed by atoms with Crippen molar-refractivity contribution >= 4 is 5.97 Å². The van der Waals surface area contributed by atoms with Gasteiger partial charge >= 0.3 is 5.97 Å². The Labute approximate surface area is 206 Å². The third-order valence-corrected chi connectivity index (χ3v) is 6.20. The van der Waals surface area contributed by atoms with Crippen molar-refractivity contribution in [1.82, 2.24) is 0 Å². The van der Waals surface area contributed by atoms with Gasteiger partial charge in [-0.15, -0.1) is 0 Å². The lowest BCUT2D eigenvalue weighted by atomic mass is 10.0. The first-order valence-corrected chi connectivity index (χ1v) is 13.5. The molecule has 0 aromatic rings. The van der Waals surface area contributed by atoms with Crippen molar-refractivity contribution in [3.63, 3.8) is 0 Å². The van der Waals surface area contributed by atoms with E-state index in [2.05, 4.69) is 6.92 Å². The third-order valence-electron chi connectivity index (χ3n) is 6.20. The lowest BCUT2D eigenvalue weighted by Crippen LogP contribution is -2.55. The fourth-order valence-corrected chi connectivity index (χ4v) is 4.04. The van der Waals surface area contributed by atoms with Crippen molar-refractivity contribution in [1.29, 1.82) is 0 Å². The highest BCUT2D eigenvalue weighted by molar-refractivity contribution is 5.65. The number of hydrogen-bond acceptors (Lipinski definition) is 8. The van der Waals surface area contributed by atoms with Crippen LogP contribution in [0, 0.1) is 0 Å². The minimum atomic E-state index is -1.39. The maximum Gasteiger partial charge on any atom is 0.302 e. The Bertz CT molecular complexity index is 489. The second-order valence-corrected chi connectivity index (χ2v) is 9.48. The van der Waals surface area contributed by atoms with Crippen LogP contribution in [0.2, 0.25) is 0 Å². The highest BCUT2D eigenvalue weighted by Gasteiger charge is 2.39. The van der Waals surface area contributed by atoms with Gasteiger partial charge in [0.15, 0.2) is 6.29 Å². The van der Waals surface area contributed by atoms with Crippen LogP contribution < -0.4 is 0 Å². The fourth-order valence-electron chi connectivity index (χ4n) is 4.04. The van der Waals surface area contributed by atoms with E-state index in [4.69, 9.17) is 18.9 Å². The van der Waals surface area contributed by atoms with Crippen molar-refractivity contribution < 1.29 is 39.1 Å². The molecule has 0 aliphatic carbocycles. The summed E-state index contributed by atoms with van der Waals surface area (Å²) in [7, 11) is 0. The maximum atomic E-state index is 11.2. The highest BCUT2D eigenvalue weighted by atomic mass is 16.7. The predicted molar refractivity (Wildman–Crippen MR) is 130 cm³/mol. The number of hydrogen-bond donors (Lipinski definition) is 3. The van der Waals surface area contributed by atoms with Gasteiger partial charge in [0.2, 0.25) is 0 Å². The largest absolute Gasteiger partial charge is 0.463 e. The number of unbranched alkanes of at least 4 members (excludes halogenated alkanes) is 13. The third kappa shape index (κ3) is 15.3. The molecule has 5 unspecified atom stereocenters. The molecule has 0 spiro atoms. The molecule has 8 nitrogen and oxygen atoms in total. The second kappa shape index (κ2) is 20.4. The molecule has 1 saturated heterocycles. The van der Waals surface area contributed by atoms with E-state index in [1.807, 2.05) is 0 Å². The quantitative estimate of drug-likeness (QED) is 0.164. The van der Waals surface area contributed by atoms with Crippen LogP contribution in [-0.4, -0.2) is 78.4 Å². The topological polar surface area (TPSA) is 115 Å². The number of carbonyl (C=O) groups is 1. The molecule has 0 amide bonds. The van der Waals surface area contributed by atoms with Gasteiger partial charge in [0.1, 0.15) is 31.0 Å². The van der Waals surface area contributed by atoms with E-state index in [0.29, 0.717) is 6.61 Å². The number of aliphatic hydroxyl groups excluding tert-OH is 3. The van der Waals surface area contributed by atoms with Crippen LogP contribution in [0.4, 0.5) is 0 Å². The molecule has 5 atom stereocenters. The smallest absolute Gasteiger partial charge is 0.302 e. The van der Waals surface area contributed by atoms with Crippen LogP contribution >= 0.6 is 0 Å². The van der Waals surface area contributed by atoms with Crippen molar-refractivity contribution in [2.45, 2.75) is 134 Å². The van der Waals surface area contributed by atoms with Gasteiger partial charge in [-0.3, -0.25) is 4.79 Å². The molecule has 0 radical (unpaired) electrons. The zero-order valence-electron chi connectivity index (χ0n) is 21.5. The molecule has 0 aromatic heterocycles. The zero-order valence-corrected chi connectivity index (χ0v) is 21.5. The van der Waals surface area contributed by atoms with E-state index in [1.54, 1.807) is 0 Å². The Morgan fingerprint density at radius 3 is 1.88 bits per heavy atom. The number of aliphatic hydroxyl groups is 3. The number of carbonyl (C=O) groups excluding carboxylic acids is 1. The van der Waals surface area contributed by atoms with Gasteiger partial charge in [-0.2, -0.15) is 0 Å². The van der Waals surface area contributed by atoms with Crippen LogP contribution in [0.3, 0.4) is 0 Å². The van der Waals surface area contributed by atoms with Gasteiger partial charge in [0.25, 0.3) is 0 Å². The average Bonchev–Trinajstić information content (AvgIpc) is 2.82. The van der Waals surface area contributed by atoms with Crippen molar-refractivity contribution in [3.05, 3.63) is 0 Å². The number of rotatable bonds is 21. The monoisotopic (exact) mass is 490 g/mol. The van der Waals surface area contributed by atoms with Crippen LogP contribution in [0.15, 0.2) is 0 Å². The van der Waals surface area contributed by atoms with E-state index in [9.17, 15) is 20.1 Å². The van der Waals surface area contributed by atoms with Crippen LogP contribution in [-0.2, 0) is 23.7 Å². The molecule has 1 aliphatic heterocycles. The zero-order chi connectivity index (χ0) is 25.0. The van der Waals surface area contributed by atoms with Gasteiger partial charge in [-0.25, -0.2) is 0 Å². The molecule has 8 heteroatoms. The normalized spacial score (nSPS) is 23.7. The summed E-state index contributed by atoms with van der Waals surface area (Å²) in [6, 6.07) is 0. The van der Waals surface area contributed by atoms with Gasteiger partial charge in [-0.1, -0.05) is 90.4 Å². The molecule has 1 rings (SSSR count). The first-order valence-electron chi connectivity index (χ1n) is 13.5. The summed E-state index contributed by atoms with van der Waals surface area (Å²) in [6.07, 6.45) is 12.5. The standard InChI is InChI=1S/C26H50O8/c1-3-4-5-6-7-8-9-10-11-12-13-14-15-16-17-31-18-22(19-32-21(2)27)34-26-25(30)24(29)23(28)20-33-26/h22-26,28-30H,3-20H2,1-2H3. The van der Waals surface area contributed by atoms with Gasteiger partial charge in [-0.05, 0) is 6.42 Å². The van der Waals surface area contributed by atoms with Gasteiger partial charge < -0.3 is 34.3 Å². The fraction of sp³-hybridized carbons (Fsp3) is 0.962. The Hall–Kier alpha value is -0.770. The summed E-state index contributed by atoms with van der Waals surface area (Å²) in [5.41, 5.74) is 0. The molecule has 3 N–H and O–H groups in total. The lowest BCUT2D eigenvalue weighted by Gasteiger charge is -2.36.